The summed E-state index contributed by atoms with van der Waals surface area (Å²) in [5.41, 5.74) is 6.09. The van der Waals surface area contributed by atoms with Gasteiger partial charge in [-0.05, 0) is 29.6 Å². The molecule has 2 heterocycles. The predicted molar refractivity (Wildman–Crippen MR) is 97.0 cm³/mol. The summed E-state index contributed by atoms with van der Waals surface area (Å²) in [7, 11) is 0. The zero-order valence-electron chi connectivity index (χ0n) is 13.7. The van der Waals surface area contributed by atoms with E-state index in [4.69, 9.17) is 5.73 Å². The summed E-state index contributed by atoms with van der Waals surface area (Å²) < 4.78 is 1.46. The van der Waals surface area contributed by atoms with E-state index in [0.29, 0.717) is 5.69 Å². The number of hydrogen-bond acceptors (Lipinski definition) is 5. The van der Waals surface area contributed by atoms with Crippen molar-refractivity contribution in [2.75, 3.05) is 0 Å². The Labute approximate surface area is 153 Å². The fourth-order valence-corrected chi connectivity index (χ4v) is 3.25. The van der Waals surface area contributed by atoms with E-state index < -0.39 is 23.6 Å². The van der Waals surface area contributed by atoms with Crippen molar-refractivity contribution in [1.29, 1.82) is 0 Å². The van der Waals surface area contributed by atoms with Gasteiger partial charge >= 0.3 is 0 Å². The van der Waals surface area contributed by atoms with Gasteiger partial charge in [0.15, 0.2) is 0 Å². The van der Waals surface area contributed by atoms with Gasteiger partial charge in [-0.3, -0.25) is 14.4 Å². The number of nitrogens with one attached hydrogen (secondary N) is 1. The van der Waals surface area contributed by atoms with E-state index in [-0.39, 0.29) is 12.1 Å². The van der Waals surface area contributed by atoms with E-state index in [1.54, 1.807) is 6.07 Å². The Morgan fingerprint density at radius 2 is 1.88 bits per heavy atom. The second kappa shape index (κ2) is 7.75. The molecular weight excluding hydrogens is 352 g/mol. The number of Topliss-reactive ketones (excluding diaryl/α,β-unsaturated/α-hetero) is 1. The summed E-state index contributed by atoms with van der Waals surface area (Å²) in [5.74, 6) is -2.43. The predicted octanol–water partition coefficient (Wildman–Crippen LogP) is 1.33. The van der Waals surface area contributed by atoms with Gasteiger partial charge in [-0.2, -0.15) is 5.10 Å². The molecule has 0 aliphatic carbocycles. The maximum atomic E-state index is 12.7. The van der Waals surface area contributed by atoms with E-state index in [9.17, 15) is 14.4 Å². The quantitative estimate of drug-likeness (QED) is 0.614. The number of thiophene rings is 1. The Morgan fingerprint density at radius 1 is 1.12 bits per heavy atom. The first-order chi connectivity index (χ1) is 12.6. The summed E-state index contributed by atoms with van der Waals surface area (Å²) >= 11 is 1.43. The highest BCUT2D eigenvalue weighted by molar-refractivity contribution is 7.09. The highest BCUT2D eigenvalue weighted by Crippen LogP contribution is 2.14. The smallest absolute Gasteiger partial charge is 0.287 e. The van der Waals surface area contributed by atoms with Crippen LogP contribution < -0.4 is 11.1 Å². The number of para-hydroxylation sites is 1. The van der Waals surface area contributed by atoms with Gasteiger partial charge in [-0.15, -0.1) is 11.3 Å². The maximum Gasteiger partial charge on any atom is 0.287 e. The van der Waals surface area contributed by atoms with Crippen LogP contribution in [0.15, 0.2) is 60.1 Å². The van der Waals surface area contributed by atoms with E-state index in [2.05, 4.69) is 10.4 Å². The van der Waals surface area contributed by atoms with Crippen molar-refractivity contribution in [3.8, 4) is 5.69 Å². The number of carbonyl (C=O) groups is 3. The highest BCUT2D eigenvalue weighted by atomic mass is 32.1. The Balaban J connectivity index is 1.83. The van der Waals surface area contributed by atoms with Crippen molar-refractivity contribution < 1.29 is 14.4 Å². The number of nitrogens with two attached hydrogens (primary N) is 1. The Morgan fingerprint density at radius 3 is 2.54 bits per heavy atom. The molecule has 3 N–H and O–H groups in total. The van der Waals surface area contributed by atoms with Crippen LogP contribution in [0.25, 0.3) is 5.69 Å². The van der Waals surface area contributed by atoms with Crippen LogP contribution in [0, 0.1) is 0 Å². The van der Waals surface area contributed by atoms with Gasteiger partial charge in [0.2, 0.25) is 5.78 Å². The van der Waals surface area contributed by atoms with E-state index in [0.717, 1.165) is 4.88 Å². The molecule has 8 heteroatoms. The molecule has 132 valence electrons. The van der Waals surface area contributed by atoms with Crippen molar-refractivity contribution >= 4 is 28.9 Å². The van der Waals surface area contributed by atoms with Crippen LogP contribution in [0.5, 0.6) is 0 Å². The monoisotopic (exact) mass is 368 g/mol. The molecule has 2 amide bonds. The third-order valence-corrected chi connectivity index (χ3v) is 4.62. The van der Waals surface area contributed by atoms with Crippen LogP contribution in [-0.4, -0.2) is 33.4 Å². The van der Waals surface area contributed by atoms with Crippen molar-refractivity contribution in [3.05, 3.63) is 70.7 Å². The fraction of sp³-hybridized carbons (Fsp3) is 0.111. The molecule has 1 unspecified atom stereocenters. The Bertz CT molecular complexity index is 919. The van der Waals surface area contributed by atoms with E-state index in [1.807, 2.05) is 47.8 Å². The molecule has 0 aliphatic heterocycles. The molecule has 0 bridgehead atoms. The average molecular weight is 368 g/mol. The van der Waals surface area contributed by atoms with Crippen molar-refractivity contribution in [2.45, 2.75) is 12.5 Å². The zero-order valence-corrected chi connectivity index (χ0v) is 14.5. The van der Waals surface area contributed by atoms with Crippen molar-refractivity contribution in [2.24, 2.45) is 5.73 Å². The molecule has 26 heavy (non-hydrogen) atoms. The van der Waals surface area contributed by atoms with Gasteiger partial charge in [0.1, 0.15) is 11.7 Å². The number of benzene rings is 1. The first kappa shape index (κ1) is 17.6. The van der Waals surface area contributed by atoms with Crippen LogP contribution in [0.1, 0.15) is 15.4 Å². The van der Waals surface area contributed by atoms with Crippen molar-refractivity contribution in [1.82, 2.24) is 15.1 Å². The number of carbonyl (C=O) groups excluding carboxylic acids is 3. The topological polar surface area (TPSA) is 107 Å². The molecule has 0 saturated heterocycles. The normalized spacial score (nSPS) is 11.7. The lowest BCUT2D eigenvalue weighted by atomic mass is 10.1. The molecule has 3 aromatic rings. The molecule has 3 rings (SSSR count). The molecule has 0 fully saturated rings. The molecule has 0 saturated carbocycles. The second-order valence-corrected chi connectivity index (χ2v) is 6.53. The zero-order chi connectivity index (χ0) is 18.5. The molecule has 2 aromatic heterocycles. The minimum absolute atomic E-state index is 0.199. The standard InChI is InChI=1S/C18H16N4O3S/c19-17(24)16(23)14(11-13-7-4-10-26-13)21-18(25)15-8-9-20-22(15)12-5-2-1-3-6-12/h1-10,14H,11H2,(H2,19,24)(H,21,25). The van der Waals surface area contributed by atoms with E-state index >= 15 is 0 Å². The van der Waals surface area contributed by atoms with Crippen LogP contribution in [0.2, 0.25) is 0 Å². The third kappa shape index (κ3) is 3.86. The lowest BCUT2D eigenvalue weighted by molar-refractivity contribution is -0.137. The van der Waals surface area contributed by atoms with Crippen LogP contribution in [0.4, 0.5) is 0 Å². The number of aromatic nitrogens is 2. The molecule has 1 aromatic carbocycles. The van der Waals surface area contributed by atoms with Gasteiger partial charge in [0, 0.05) is 11.3 Å². The minimum Gasteiger partial charge on any atom is -0.363 e. The number of hydrogen-bond donors (Lipinski definition) is 2. The van der Waals surface area contributed by atoms with E-state index in [1.165, 1.54) is 22.2 Å². The average Bonchev–Trinajstić information content (AvgIpc) is 3.32. The molecule has 7 nitrogen and oxygen atoms in total. The second-order valence-electron chi connectivity index (χ2n) is 5.50. The lowest BCUT2D eigenvalue weighted by Crippen LogP contribution is -2.47. The number of primary amides is 1. The van der Waals surface area contributed by atoms with Crippen LogP contribution in [-0.2, 0) is 16.0 Å². The molecule has 0 spiro atoms. The van der Waals surface area contributed by atoms with Crippen molar-refractivity contribution in [3.63, 3.8) is 0 Å². The summed E-state index contributed by atoms with van der Waals surface area (Å²) in [4.78, 5) is 37.0. The Kier molecular flexibility index (Phi) is 5.23. The Hall–Kier alpha value is -3.26. The summed E-state index contributed by atoms with van der Waals surface area (Å²) in [6.07, 6.45) is 1.69. The number of amides is 2. The first-order valence-electron chi connectivity index (χ1n) is 7.82. The van der Waals surface area contributed by atoms with Gasteiger partial charge in [-0.1, -0.05) is 24.3 Å². The number of nitrogens with zero attached hydrogens (tertiary/aromatic N) is 2. The molecule has 0 radical (unpaired) electrons. The SMILES string of the molecule is NC(=O)C(=O)C(Cc1cccs1)NC(=O)c1ccnn1-c1ccccc1. The third-order valence-electron chi connectivity index (χ3n) is 3.73. The van der Waals surface area contributed by atoms with Gasteiger partial charge in [0.05, 0.1) is 11.9 Å². The summed E-state index contributed by atoms with van der Waals surface area (Å²) in [6, 6.07) is 13.3. The molecule has 0 aliphatic rings. The maximum absolute atomic E-state index is 12.7. The van der Waals surface area contributed by atoms with Crippen LogP contribution in [0.3, 0.4) is 0 Å². The largest absolute Gasteiger partial charge is 0.363 e. The molecule has 1 atom stereocenters. The van der Waals surface area contributed by atoms with Gasteiger partial charge in [0.25, 0.3) is 11.8 Å². The first-order valence-corrected chi connectivity index (χ1v) is 8.70. The highest BCUT2D eigenvalue weighted by Gasteiger charge is 2.27. The summed E-state index contributed by atoms with van der Waals surface area (Å²) in [6.45, 7) is 0. The minimum atomic E-state index is -1.08. The number of rotatable bonds is 7. The summed E-state index contributed by atoms with van der Waals surface area (Å²) in [5, 5.41) is 8.61. The molecular formula is C18H16N4O3S. The lowest BCUT2D eigenvalue weighted by Gasteiger charge is -2.16. The van der Waals surface area contributed by atoms with Gasteiger partial charge < -0.3 is 11.1 Å². The number of ketones is 1. The van der Waals surface area contributed by atoms with Crippen LogP contribution >= 0.6 is 11.3 Å². The fourth-order valence-electron chi connectivity index (χ4n) is 2.49. The van der Waals surface area contributed by atoms with Gasteiger partial charge in [-0.25, -0.2) is 4.68 Å².